The van der Waals surface area contributed by atoms with Crippen LogP contribution in [-0.2, 0) is 11.8 Å². The molecule has 0 amide bonds. The molecule has 2 nitrogen and oxygen atoms in total. The molecule has 2 aromatic carbocycles. The second-order valence-corrected chi connectivity index (χ2v) is 5.83. The molecular formula is C19H20N2. The lowest BCUT2D eigenvalue weighted by Crippen LogP contribution is -2.34. The summed E-state index contributed by atoms with van der Waals surface area (Å²) in [6.45, 7) is 2.84. The van der Waals surface area contributed by atoms with Crippen molar-refractivity contribution < 1.29 is 0 Å². The highest BCUT2D eigenvalue weighted by molar-refractivity contribution is 5.86. The highest BCUT2D eigenvalue weighted by atomic mass is 14.6. The molecule has 0 bridgehead atoms. The Hall–Kier alpha value is -2.19. The Morgan fingerprint density at radius 2 is 1.81 bits per heavy atom. The number of aromatic nitrogens is 1. The van der Waals surface area contributed by atoms with Crippen LogP contribution in [0.4, 0.5) is 0 Å². The third kappa shape index (κ3) is 2.67. The van der Waals surface area contributed by atoms with Crippen LogP contribution in [-0.4, -0.2) is 11.5 Å². The van der Waals surface area contributed by atoms with Crippen LogP contribution in [0.3, 0.4) is 0 Å². The van der Waals surface area contributed by atoms with Gasteiger partial charge in [0.25, 0.3) is 0 Å². The van der Waals surface area contributed by atoms with E-state index in [0.717, 1.165) is 6.42 Å². The lowest BCUT2D eigenvalue weighted by molar-refractivity contribution is 0.484. The fourth-order valence-corrected chi connectivity index (χ4v) is 2.98. The number of hydrogen-bond acceptors (Lipinski definition) is 2. The van der Waals surface area contributed by atoms with E-state index in [-0.39, 0.29) is 5.41 Å². The summed E-state index contributed by atoms with van der Waals surface area (Å²) in [6.07, 6.45) is 4.63. The zero-order valence-corrected chi connectivity index (χ0v) is 12.3. The van der Waals surface area contributed by atoms with Crippen molar-refractivity contribution in [1.82, 2.24) is 4.98 Å². The van der Waals surface area contributed by atoms with Gasteiger partial charge in [0.2, 0.25) is 0 Å². The molecule has 0 aliphatic rings. The summed E-state index contributed by atoms with van der Waals surface area (Å²) in [7, 11) is 0. The van der Waals surface area contributed by atoms with Gasteiger partial charge in [-0.3, -0.25) is 4.98 Å². The average molecular weight is 276 g/mol. The summed E-state index contributed by atoms with van der Waals surface area (Å²) < 4.78 is 0. The van der Waals surface area contributed by atoms with Gasteiger partial charge in [-0.15, -0.1) is 0 Å². The highest BCUT2D eigenvalue weighted by Gasteiger charge is 2.27. The highest BCUT2D eigenvalue weighted by Crippen LogP contribution is 2.32. The molecule has 0 spiro atoms. The van der Waals surface area contributed by atoms with Crippen molar-refractivity contribution in [2.75, 3.05) is 6.54 Å². The van der Waals surface area contributed by atoms with E-state index in [1.807, 2.05) is 12.3 Å². The molecule has 106 valence electrons. The summed E-state index contributed by atoms with van der Waals surface area (Å²) in [5, 5.41) is 2.55. The number of hydrogen-bond donors (Lipinski definition) is 1. The minimum absolute atomic E-state index is 0.0934. The van der Waals surface area contributed by atoms with Crippen molar-refractivity contribution in [3.05, 3.63) is 78.1 Å². The van der Waals surface area contributed by atoms with Gasteiger partial charge in [-0.1, -0.05) is 55.5 Å². The predicted molar refractivity (Wildman–Crippen MR) is 88.3 cm³/mol. The lowest BCUT2D eigenvalue weighted by atomic mass is 9.75. The molecule has 0 fully saturated rings. The molecule has 0 saturated carbocycles. The monoisotopic (exact) mass is 276 g/mol. The first-order valence-electron chi connectivity index (χ1n) is 7.30. The zero-order chi connectivity index (χ0) is 14.7. The van der Waals surface area contributed by atoms with Crippen molar-refractivity contribution in [1.29, 1.82) is 0 Å². The topological polar surface area (TPSA) is 38.9 Å². The normalized spacial score (nSPS) is 14.0. The fourth-order valence-electron chi connectivity index (χ4n) is 2.98. The Kier molecular flexibility index (Phi) is 3.72. The maximum Gasteiger partial charge on any atom is 0.0300 e. The summed E-state index contributed by atoms with van der Waals surface area (Å²) in [4.78, 5) is 4.22. The molecule has 0 radical (unpaired) electrons. The Balaban J connectivity index is 2.09. The molecule has 1 unspecified atom stereocenters. The van der Waals surface area contributed by atoms with E-state index < -0.39 is 0 Å². The summed E-state index contributed by atoms with van der Waals surface area (Å²) >= 11 is 0. The van der Waals surface area contributed by atoms with Crippen molar-refractivity contribution in [2.45, 2.75) is 18.8 Å². The van der Waals surface area contributed by atoms with Gasteiger partial charge in [0.1, 0.15) is 0 Å². The molecule has 0 aliphatic heterocycles. The zero-order valence-electron chi connectivity index (χ0n) is 12.3. The average Bonchev–Trinajstić information content (AvgIpc) is 2.55. The van der Waals surface area contributed by atoms with Crippen molar-refractivity contribution in [2.24, 2.45) is 5.73 Å². The van der Waals surface area contributed by atoms with Gasteiger partial charge in [-0.05, 0) is 34.4 Å². The Morgan fingerprint density at radius 3 is 2.57 bits per heavy atom. The van der Waals surface area contributed by atoms with Crippen LogP contribution >= 0.6 is 0 Å². The molecule has 1 heterocycles. The Labute approximate surface area is 125 Å². The first kappa shape index (κ1) is 13.8. The maximum absolute atomic E-state index is 6.16. The van der Waals surface area contributed by atoms with Crippen LogP contribution in [0, 0.1) is 0 Å². The third-order valence-electron chi connectivity index (χ3n) is 4.21. The van der Waals surface area contributed by atoms with Crippen LogP contribution in [0.1, 0.15) is 18.1 Å². The molecule has 2 heteroatoms. The molecule has 21 heavy (non-hydrogen) atoms. The number of nitrogens with two attached hydrogens (primary N) is 1. The van der Waals surface area contributed by atoms with Crippen LogP contribution in [0.2, 0.25) is 0 Å². The first-order chi connectivity index (χ1) is 10.2. The molecule has 0 saturated heterocycles. The minimum atomic E-state index is -0.0934. The second-order valence-electron chi connectivity index (χ2n) is 5.83. The number of benzene rings is 2. The Bertz CT molecular complexity index is 731. The van der Waals surface area contributed by atoms with E-state index >= 15 is 0 Å². The van der Waals surface area contributed by atoms with Crippen LogP contribution in [0.5, 0.6) is 0 Å². The molecule has 2 N–H and O–H groups in total. The fraction of sp³-hybridized carbons (Fsp3) is 0.211. The lowest BCUT2D eigenvalue weighted by Gasteiger charge is -2.30. The maximum atomic E-state index is 6.16. The van der Waals surface area contributed by atoms with E-state index in [2.05, 4.69) is 60.4 Å². The van der Waals surface area contributed by atoms with Crippen LogP contribution in [0.15, 0.2) is 67.0 Å². The van der Waals surface area contributed by atoms with Gasteiger partial charge in [-0.2, -0.15) is 0 Å². The standard InChI is InChI=1S/C19H20N2/c1-19(14-20,12-15-6-5-11-21-13-15)18-10-4-8-16-7-2-3-9-17(16)18/h2-11,13H,12,14,20H2,1H3. The minimum Gasteiger partial charge on any atom is -0.330 e. The van der Waals surface area contributed by atoms with Crippen molar-refractivity contribution in [3.63, 3.8) is 0 Å². The third-order valence-corrected chi connectivity index (χ3v) is 4.21. The number of nitrogens with zero attached hydrogens (tertiary/aromatic N) is 1. The molecular weight excluding hydrogens is 256 g/mol. The number of rotatable bonds is 4. The summed E-state index contributed by atoms with van der Waals surface area (Å²) in [6, 6.07) is 19.1. The smallest absolute Gasteiger partial charge is 0.0300 e. The van der Waals surface area contributed by atoms with Gasteiger partial charge >= 0.3 is 0 Å². The molecule has 3 rings (SSSR count). The molecule has 1 aromatic heterocycles. The van der Waals surface area contributed by atoms with E-state index in [9.17, 15) is 0 Å². The van der Waals surface area contributed by atoms with E-state index in [1.165, 1.54) is 21.9 Å². The molecule has 0 aliphatic carbocycles. The number of pyridine rings is 1. The van der Waals surface area contributed by atoms with Crippen LogP contribution < -0.4 is 5.73 Å². The van der Waals surface area contributed by atoms with Crippen LogP contribution in [0.25, 0.3) is 10.8 Å². The van der Waals surface area contributed by atoms with E-state index in [1.54, 1.807) is 6.20 Å². The first-order valence-corrected chi connectivity index (χ1v) is 7.30. The number of fused-ring (bicyclic) bond motifs is 1. The van der Waals surface area contributed by atoms with Gasteiger partial charge in [0.15, 0.2) is 0 Å². The van der Waals surface area contributed by atoms with Crippen molar-refractivity contribution in [3.8, 4) is 0 Å². The Morgan fingerprint density at radius 1 is 1.00 bits per heavy atom. The molecule has 3 aromatic rings. The van der Waals surface area contributed by atoms with Gasteiger partial charge in [0.05, 0.1) is 0 Å². The molecule has 1 atom stereocenters. The van der Waals surface area contributed by atoms with Gasteiger partial charge < -0.3 is 5.73 Å². The van der Waals surface area contributed by atoms with E-state index in [0.29, 0.717) is 6.54 Å². The SMILES string of the molecule is CC(CN)(Cc1cccnc1)c1cccc2ccccc12. The quantitative estimate of drug-likeness (QED) is 0.789. The largest absolute Gasteiger partial charge is 0.330 e. The predicted octanol–water partition coefficient (Wildman–Crippen LogP) is 3.69. The summed E-state index contributed by atoms with van der Waals surface area (Å²) in [5.74, 6) is 0. The summed E-state index contributed by atoms with van der Waals surface area (Å²) in [5.41, 5.74) is 8.60. The second kappa shape index (κ2) is 5.66. The van der Waals surface area contributed by atoms with Gasteiger partial charge in [-0.25, -0.2) is 0 Å². The van der Waals surface area contributed by atoms with Crippen molar-refractivity contribution >= 4 is 10.8 Å². The van der Waals surface area contributed by atoms with Gasteiger partial charge in [0, 0.05) is 24.4 Å². The van der Waals surface area contributed by atoms with E-state index in [4.69, 9.17) is 5.73 Å².